The number of carboxylic acid groups (broad SMARTS) is 1. The van der Waals surface area contributed by atoms with Gasteiger partial charge in [-0.25, -0.2) is 4.79 Å². The molecule has 252 valence electrons. The van der Waals surface area contributed by atoms with Crippen LogP contribution in [0.2, 0.25) is 0 Å². The second-order valence-corrected chi connectivity index (χ2v) is 13.0. The van der Waals surface area contributed by atoms with Crippen molar-refractivity contribution in [3.05, 3.63) is 83.1 Å². The SMILES string of the molecule is Nc1nc(/C(=N\O)C(=O)N[C@@H]2C(=O)N3C(C(=O)O)=C(/C=C4\CCN(Cc5cc[n+](CC(=O)Nc6ccc(O)cc6)cc5)C4=O)CS[C@H]23)ns1. The van der Waals surface area contributed by atoms with Crippen LogP contribution in [0.4, 0.5) is 10.8 Å². The van der Waals surface area contributed by atoms with Gasteiger partial charge in [0, 0.05) is 53.8 Å². The Bertz CT molecular complexity index is 1940. The molecule has 2 atom stereocenters. The van der Waals surface area contributed by atoms with Crippen LogP contribution in [0, 0.1) is 0 Å². The van der Waals surface area contributed by atoms with Crippen molar-refractivity contribution in [1.82, 2.24) is 24.5 Å². The van der Waals surface area contributed by atoms with Gasteiger partial charge in [-0.1, -0.05) is 5.16 Å². The lowest BCUT2D eigenvalue weighted by atomic mass is 10.0. The smallest absolute Gasteiger partial charge is 0.352 e. The Morgan fingerprint density at radius 2 is 1.88 bits per heavy atom. The molecule has 49 heavy (non-hydrogen) atoms. The zero-order valence-electron chi connectivity index (χ0n) is 25.3. The van der Waals surface area contributed by atoms with Crippen molar-refractivity contribution in [3.63, 3.8) is 0 Å². The van der Waals surface area contributed by atoms with Gasteiger partial charge in [-0.05, 0) is 47.9 Å². The number of anilines is 2. The Hall–Kier alpha value is -5.82. The lowest BCUT2D eigenvalue weighted by Crippen LogP contribution is -2.71. The molecule has 0 radical (unpaired) electrons. The van der Waals surface area contributed by atoms with E-state index in [0.717, 1.165) is 22.0 Å². The molecule has 2 fully saturated rings. The molecule has 2 saturated heterocycles. The van der Waals surface area contributed by atoms with Crippen molar-refractivity contribution in [2.45, 2.75) is 30.9 Å². The summed E-state index contributed by atoms with van der Waals surface area (Å²) in [6.07, 6.45) is 5.35. The maximum Gasteiger partial charge on any atom is 0.352 e. The van der Waals surface area contributed by atoms with Gasteiger partial charge in [0.2, 0.25) is 24.0 Å². The maximum absolute atomic E-state index is 13.3. The average molecular weight is 707 g/mol. The summed E-state index contributed by atoms with van der Waals surface area (Å²) in [5, 5.41) is 36.2. The van der Waals surface area contributed by atoms with Crippen molar-refractivity contribution in [1.29, 1.82) is 0 Å². The number of fused-ring (bicyclic) bond motifs is 1. The number of carbonyl (C=O) groups is 5. The van der Waals surface area contributed by atoms with Gasteiger partial charge < -0.3 is 36.7 Å². The van der Waals surface area contributed by atoms with Crippen LogP contribution in [0.3, 0.4) is 0 Å². The van der Waals surface area contributed by atoms with Gasteiger partial charge in [-0.3, -0.25) is 24.1 Å². The third-order valence-electron chi connectivity index (χ3n) is 7.83. The van der Waals surface area contributed by atoms with Crippen molar-refractivity contribution < 1.29 is 44.0 Å². The number of nitrogens with two attached hydrogens (primary N) is 1. The summed E-state index contributed by atoms with van der Waals surface area (Å²) in [6, 6.07) is 8.63. The highest BCUT2D eigenvalue weighted by Gasteiger charge is 2.54. The number of phenolic OH excluding ortho intramolecular Hbond substituents is 1. The van der Waals surface area contributed by atoms with Crippen molar-refractivity contribution >= 4 is 69.4 Å². The molecule has 7 N–H and O–H groups in total. The number of nitrogen functional groups attached to an aromatic ring is 1. The van der Waals surface area contributed by atoms with E-state index in [4.69, 9.17) is 5.73 Å². The largest absolute Gasteiger partial charge is 0.508 e. The van der Waals surface area contributed by atoms with E-state index in [9.17, 15) is 39.4 Å². The van der Waals surface area contributed by atoms with Crippen LogP contribution in [-0.2, 0) is 37.1 Å². The third-order valence-corrected chi connectivity index (χ3v) is 9.67. The molecule has 3 aliphatic rings. The highest BCUT2D eigenvalue weighted by Crippen LogP contribution is 2.41. The fraction of sp³-hybridized carbons (Fsp3) is 0.233. The number of β-lactam (4-membered cyclic amide) rings is 1. The number of carbonyl (C=O) groups excluding carboxylic acids is 4. The first-order chi connectivity index (χ1) is 23.5. The topological polar surface area (TPSA) is 245 Å². The van der Waals surface area contributed by atoms with Gasteiger partial charge >= 0.3 is 5.97 Å². The molecule has 3 aliphatic heterocycles. The summed E-state index contributed by atoms with van der Waals surface area (Å²) in [4.78, 5) is 70.4. The molecule has 3 aromatic rings. The van der Waals surface area contributed by atoms with Crippen LogP contribution in [-0.4, -0.2) is 93.6 Å². The van der Waals surface area contributed by atoms with E-state index in [1.807, 2.05) is 0 Å². The van der Waals surface area contributed by atoms with E-state index in [-0.39, 0.29) is 46.5 Å². The highest BCUT2D eigenvalue weighted by atomic mass is 32.2. The molecule has 0 aliphatic carbocycles. The van der Waals surface area contributed by atoms with Crippen molar-refractivity contribution in [2.24, 2.45) is 5.16 Å². The van der Waals surface area contributed by atoms with Crippen LogP contribution in [0.5, 0.6) is 5.75 Å². The number of carboxylic acids is 1. The number of oxime groups is 1. The number of hydrogen-bond donors (Lipinski definition) is 6. The van der Waals surface area contributed by atoms with Gasteiger partial charge in [0.25, 0.3) is 17.7 Å². The average Bonchev–Trinajstić information content (AvgIpc) is 3.66. The predicted octanol–water partition coefficient (Wildman–Crippen LogP) is 0.0279. The summed E-state index contributed by atoms with van der Waals surface area (Å²) < 4.78 is 5.51. The number of likely N-dealkylation sites (tertiary alicyclic amines) is 1. The fourth-order valence-electron chi connectivity index (χ4n) is 5.48. The lowest BCUT2D eigenvalue weighted by Gasteiger charge is -2.49. The number of thioether (sulfide) groups is 1. The number of hydrogen-bond acceptors (Lipinski definition) is 13. The molecule has 0 saturated carbocycles. The van der Waals surface area contributed by atoms with Crippen LogP contribution >= 0.6 is 23.3 Å². The van der Waals surface area contributed by atoms with Crippen LogP contribution in [0.25, 0.3) is 0 Å². The lowest BCUT2D eigenvalue weighted by molar-refractivity contribution is -0.684. The molecular formula is C30H28N9O8S2+. The predicted molar refractivity (Wildman–Crippen MR) is 174 cm³/mol. The number of nitrogens with one attached hydrogen (secondary N) is 2. The minimum atomic E-state index is -1.35. The van der Waals surface area contributed by atoms with E-state index in [2.05, 4.69) is 25.1 Å². The summed E-state index contributed by atoms with van der Waals surface area (Å²) >= 11 is 2.00. The molecule has 0 bridgehead atoms. The van der Waals surface area contributed by atoms with Gasteiger partial charge in [-0.2, -0.15) is 13.9 Å². The Balaban J connectivity index is 1.08. The molecule has 2 aromatic heterocycles. The first-order valence-corrected chi connectivity index (χ1v) is 16.4. The second kappa shape index (κ2) is 13.7. The quantitative estimate of drug-likeness (QED) is 0.0311. The molecule has 0 spiro atoms. The molecule has 19 heteroatoms. The van der Waals surface area contributed by atoms with Crippen LogP contribution in [0.1, 0.15) is 17.8 Å². The van der Waals surface area contributed by atoms with Crippen LogP contribution in [0.15, 0.2) is 76.9 Å². The number of benzene rings is 1. The zero-order chi connectivity index (χ0) is 34.8. The normalized spacial score (nSPS) is 19.9. The number of aromatic hydroxyl groups is 1. The Morgan fingerprint density at radius 1 is 1.14 bits per heavy atom. The standard InChI is InChI=1S/C30H27N9O8S2/c31-30-34-24(36-49-30)21(35-47)25(42)33-22-27(44)39-23(29(45)46)17(14-48-28(22)39)11-16-7-10-38(26(16)43)12-15-5-8-37(9-6-15)13-20(41)32-18-1-3-19(40)4-2-18/h1-6,8-9,11,22,28H,7,10,12-14H2,(H6-,31,32,33,34,35,36,40,41,42,45,46,47)/p+1/b16-11+/t22-,28-/m1/s1. The Labute approximate surface area is 285 Å². The molecule has 1 aromatic carbocycles. The Kier molecular flexibility index (Phi) is 9.27. The van der Waals surface area contributed by atoms with E-state index < -0.39 is 34.9 Å². The summed E-state index contributed by atoms with van der Waals surface area (Å²) in [7, 11) is 0. The molecule has 0 unspecified atom stereocenters. The summed E-state index contributed by atoms with van der Waals surface area (Å²) in [5.74, 6) is -3.46. The number of rotatable bonds is 10. The first-order valence-electron chi connectivity index (χ1n) is 14.6. The number of pyridine rings is 1. The van der Waals surface area contributed by atoms with E-state index in [0.29, 0.717) is 36.3 Å². The molecule has 6 rings (SSSR count). The number of aliphatic carboxylic acids is 1. The minimum Gasteiger partial charge on any atom is -0.508 e. The fourth-order valence-corrected chi connectivity index (χ4v) is 7.22. The van der Waals surface area contributed by atoms with Gasteiger partial charge in [0.15, 0.2) is 17.5 Å². The number of aromatic nitrogens is 3. The van der Waals surface area contributed by atoms with E-state index >= 15 is 0 Å². The highest BCUT2D eigenvalue weighted by molar-refractivity contribution is 8.00. The zero-order valence-corrected chi connectivity index (χ0v) is 27.0. The molecule has 5 heterocycles. The summed E-state index contributed by atoms with van der Waals surface area (Å²) in [6.45, 7) is 0.762. The Morgan fingerprint density at radius 3 is 2.53 bits per heavy atom. The second-order valence-electron chi connectivity index (χ2n) is 11.1. The van der Waals surface area contributed by atoms with Gasteiger partial charge in [-0.15, -0.1) is 11.8 Å². The van der Waals surface area contributed by atoms with Gasteiger partial charge in [0.1, 0.15) is 22.9 Å². The minimum absolute atomic E-state index is 0.0409. The maximum atomic E-state index is 13.3. The van der Waals surface area contributed by atoms with Gasteiger partial charge in [0.05, 0.1) is 0 Å². The monoisotopic (exact) mass is 706 g/mol. The van der Waals surface area contributed by atoms with E-state index in [1.54, 1.807) is 46.1 Å². The number of phenols is 1. The molecular weight excluding hydrogens is 679 g/mol. The number of amides is 4. The third kappa shape index (κ3) is 6.92. The first kappa shape index (κ1) is 33.1. The van der Waals surface area contributed by atoms with Crippen LogP contribution < -0.4 is 20.9 Å². The number of nitrogens with zero attached hydrogens (tertiary/aromatic N) is 6. The molecule has 17 nitrogen and oxygen atoms in total. The van der Waals surface area contributed by atoms with Crippen molar-refractivity contribution in [2.75, 3.05) is 23.3 Å². The molecule has 4 amide bonds. The summed E-state index contributed by atoms with van der Waals surface area (Å²) in [5.41, 5.74) is 6.79. The van der Waals surface area contributed by atoms with Crippen molar-refractivity contribution in [3.8, 4) is 5.75 Å². The van der Waals surface area contributed by atoms with E-state index in [1.165, 1.54) is 30.0 Å². The number of allylic oxidation sites excluding steroid dienone is 1.